The molecule has 2 heterocycles. The van der Waals surface area contributed by atoms with Gasteiger partial charge < -0.3 is 9.55 Å². The molecule has 3 aromatic rings. The lowest BCUT2D eigenvalue weighted by Crippen LogP contribution is -2.16. The zero-order valence-corrected chi connectivity index (χ0v) is 12.8. The molecule has 0 saturated heterocycles. The van der Waals surface area contributed by atoms with Crippen LogP contribution in [0.4, 0.5) is 0 Å². The summed E-state index contributed by atoms with van der Waals surface area (Å²) < 4.78 is 2.38. The van der Waals surface area contributed by atoms with Crippen LogP contribution < -0.4 is 0 Å². The molecule has 1 N–H and O–H groups in total. The lowest BCUT2D eigenvalue weighted by atomic mass is 9.93. The molecule has 3 rings (SSSR count). The molecule has 1 unspecified atom stereocenters. The predicted octanol–water partition coefficient (Wildman–Crippen LogP) is 4.27. The fourth-order valence-electron chi connectivity index (χ4n) is 3.15. The zero-order valence-electron chi connectivity index (χ0n) is 12.8. The molecule has 110 valence electrons. The first-order valence-electron chi connectivity index (χ1n) is 7.74. The number of hydrogen-bond donors (Lipinski definition) is 1. The highest BCUT2D eigenvalue weighted by Gasteiger charge is 2.15. The Labute approximate surface area is 126 Å². The Kier molecular flexibility index (Phi) is 4.09. The van der Waals surface area contributed by atoms with Crippen molar-refractivity contribution >= 4 is 10.9 Å². The molecule has 0 saturated carbocycles. The van der Waals surface area contributed by atoms with E-state index in [9.17, 15) is 0 Å². The number of hydrogen-bond acceptors (Lipinski definition) is 1. The minimum Gasteiger partial charge on any atom is -0.349 e. The summed E-state index contributed by atoms with van der Waals surface area (Å²) in [5.41, 5.74) is 1.32. The van der Waals surface area contributed by atoms with Crippen LogP contribution in [0.1, 0.15) is 26.1 Å². The summed E-state index contributed by atoms with van der Waals surface area (Å²) in [6.45, 7) is 5.64. The number of H-pyrrole nitrogens is 1. The van der Waals surface area contributed by atoms with E-state index in [1.807, 2.05) is 12.4 Å². The molecule has 0 aliphatic heterocycles. The molecule has 0 spiro atoms. The minimum absolute atomic E-state index is 0.604. The van der Waals surface area contributed by atoms with Crippen LogP contribution in [-0.4, -0.2) is 14.5 Å². The van der Waals surface area contributed by atoms with Crippen LogP contribution in [-0.2, 0) is 13.0 Å². The lowest BCUT2D eigenvalue weighted by molar-refractivity contribution is 0.359. The molecule has 1 aromatic carbocycles. The molecule has 0 bridgehead atoms. The summed E-state index contributed by atoms with van der Waals surface area (Å²) in [6, 6.07) is 10.8. The number of aromatic nitrogens is 3. The van der Waals surface area contributed by atoms with Gasteiger partial charge in [-0.1, -0.05) is 32.0 Å². The SMILES string of the molecule is CC(C)CC(Cc1ncc[nH]1)Cn1ccc2ccccc21. The molecule has 0 aliphatic carbocycles. The van der Waals surface area contributed by atoms with E-state index < -0.39 is 0 Å². The Morgan fingerprint density at radius 2 is 2.05 bits per heavy atom. The summed E-state index contributed by atoms with van der Waals surface area (Å²) in [7, 11) is 0. The van der Waals surface area contributed by atoms with Crippen LogP contribution in [0.25, 0.3) is 10.9 Å². The van der Waals surface area contributed by atoms with Crippen molar-refractivity contribution in [2.24, 2.45) is 11.8 Å². The molecular weight excluding hydrogens is 258 g/mol. The summed E-state index contributed by atoms with van der Waals surface area (Å²) >= 11 is 0. The number of rotatable bonds is 6. The Hall–Kier alpha value is -2.03. The first-order chi connectivity index (χ1) is 10.2. The van der Waals surface area contributed by atoms with Crippen LogP contribution in [0.3, 0.4) is 0 Å². The van der Waals surface area contributed by atoms with E-state index >= 15 is 0 Å². The van der Waals surface area contributed by atoms with E-state index in [4.69, 9.17) is 0 Å². The lowest BCUT2D eigenvalue weighted by Gasteiger charge is -2.19. The molecule has 3 nitrogen and oxygen atoms in total. The van der Waals surface area contributed by atoms with Gasteiger partial charge in [-0.15, -0.1) is 0 Å². The van der Waals surface area contributed by atoms with Gasteiger partial charge in [0, 0.05) is 37.1 Å². The second kappa shape index (κ2) is 6.17. The van der Waals surface area contributed by atoms with Crippen LogP contribution in [0.2, 0.25) is 0 Å². The number of aromatic amines is 1. The molecule has 3 heteroatoms. The highest BCUT2D eigenvalue weighted by molar-refractivity contribution is 5.79. The van der Waals surface area contributed by atoms with Crippen molar-refractivity contribution in [2.45, 2.75) is 33.2 Å². The monoisotopic (exact) mass is 281 g/mol. The second-order valence-corrected chi connectivity index (χ2v) is 6.26. The van der Waals surface area contributed by atoms with E-state index in [1.165, 1.54) is 17.3 Å². The summed E-state index contributed by atoms with van der Waals surface area (Å²) in [5, 5.41) is 1.32. The average molecular weight is 281 g/mol. The fourth-order valence-corrected chi connectivity index (χ4v) is 3.15. The van der Waals surface area contributed by atoms with Crippen LogP contribution in [0.5, 0.6) is 0 Å². The Morgan fingerprint density at radius 1 is 1.19 bits per heavy atom. The Morgan fingerprint density at radius 3 is 2.81 bits per heavy atom. The van der Waals surface area contributed by atoms with Gasteiger partial charge in [0.15, 0.2) is 0 Å². The Bertz CT molecular complexity index is 679. The maximum Gasteiger partial charge on any atom is 0.106 e. The molecule has 21 heavy (non-hydrogen) atoms. The van der Waals surface area contributed by atoms with Gasteiger partial charge in [0.1, 0.15) is 5.82 Å². The normalized spacial score (nSPS) is 13.1. The van der Waals surface area contributed by atoms with Gasteiger partial charge in [-0.25, -0.2) is 4.98 Å². The zero-order chi connectivity index (χ0) is 14.7. The highest BCUT2D eigenvalue weighted by Crippen LogP contribution is 2.22. The summed E-state index contributed by atoms with van der Waals surface area (Å²) in [4.78, 5) is 7.63. The number of benzene rings is 1. The maximum atomic E-state index is 4.39. The smallest absolute Gasteiger partial charge is 0.106 e. The van der Waals surface area contributed by atoms with Gasteiger partial charge in [-0.05, 0) is 35.8 Å². The molecule has 0 fully saturated rings. The van der Waals surface area contributed by atoms with Crippen molar-refractivity contribution in [1.29, 1.82) is 0 Å². The fraction of sp³-hybridized carbons (Fsp3) is 0.389. The number of nitrogens with one attached hydrogen (secondary N) is 1. The van der Waals surface area contributed by atoms with Crippen molar-refractivity contribution in [3.63, 3.8) is 0 Å². The summed E-state index contributed by atoms with van der Waals surface area (Å²) in [5.74, 6) is 2.40. The van der Waals surface area contributed by atoms with E-state index in [0.29, 0.717) is 11.8 Å². The van der Waals surface area contributed by atoms with Crippen LogP contribution in [0, 0.1) is 11.8 Å². The van der Waals surface area contributed by atoms with E-state index in [0.717, 1.165) is 18.8 Å². The molecular formula is C18H23N3. The van der Waals surface area contributed by atoms with Gasteiger partial charge in [-0.2, -0.15) is 0 Å². The first kappa shape index (κ1) is 13.9. The van der Waals surface area contributed by atoms with Crippen LogP contribution >= 0.6 is 0 Å². The van der Waals surface area contributed by atoms with E-state index in [2.05, 4.69) is 64.9 Å². The molecule has 0 radical (unpaired) electrons. The van der Waals surface area contributed by atoms with Gasteiger partial charge in [0.2, 0.25) is 0 Å². The number of fused-ring (bicyclic) bond motifs is 1. The van der Waals surface area contributed by atoms with Gasteiger partial charge in [0.25, 0.3) is 0 Å². The van der Waals surface area contributed by atoms with E-state index in [-0.39, 0.29) is 0 Å². The second-order valence-electron chi connectivity index (χ2n) is 6.26. The van der Waals surface area contributed by atoms with Crippen LogP contribution in [0.15, 0.2) is 48.9 Å². The number of para-hydroxylation sites is 1. The predicted molar refractivity (Wildman–Crippen MR) is 87.2 cm³/mol. The maximum absolute atomic E-state index is 4.39. The quantitative estimate of drug-likeness (QED) is 0.719. The van der Waals surface area contributed by atoms with Crippen molar-refractivity contribution in [1.82, 2.24) is 14.5 Å². The molecule has 2 aromatic heterocycles. The standard InChI is InChI=1S/C18H23N3/c1-14(2)11-15(12-18-19-8-9-20-18)13-21-10-7-16-5-3-4-6-17(16)21/h3-10,14-15H,11-13H2,1-2H3,(H,19,20). The first-order valence-corrected chi connectivity index (χ1v) is 7.74. The summed E-state index contributed by atoms with van der Waals surface area (Å²) in [6.07, 6.45) is 8.19. The highest BCUT2D eigenvalue weighted by atomic mass is 15.0. The third-order valence-electron chi connectivity index (χ3n) is 3.98. The van der Waals surface area contributed by atoms with E-state index in [1.54, 1.807) is 0 Å². The van der Waals surface area contributed by atoms with Gasteiger partial charge >= 0.3 is 0 Å². The van der Waals surface area contributed by atoms with Crippen molar-refractivity contribution in [3.8, 4) is 0 Å². The third-order valence-corrected chi connectivity index (χ3v) is 3.98. The molecule has 0 amide bonds. The minimum atomic E-state index is 0.604. The topological polar surface area (TPSA) is 33.6 Å². The third kappa shape index (κ3) is 3.35. The Balaban J connectivity index is 1.80. The van der Waals surface area contributed by atoms with Crippen molar-refractivity contribution < 1.29 is 0 Å². The van der Waals surface area contributed by atoms with Gasteiger partial charge in [-0.3, -0.25) is 0 Å². The average Bonchev–Trinajstić information content (AvgIpc) is 3.09. The molecule has 1 atom stereocenters. The number of nitrogens with zero attached hydrogens (tertiary/aromatic N) is 2. The van der Waals surface area contributed by atoms with Crippen molar-refractivity contribution in [3.05, 3.63) is 54.7 Å². The van der Waals surface area contributed by atoms with Crippen molar-refractivity contribution in [2.75, 3.05) is 0 Å². The molecule has 0 aliphatic rings. The largest absolute Gasteiger partial charge is 0.349 e. The van der Waals surface area contributed by atoms with Gasteiger partial charge in [0.05, 0.1) is 0 Å². The number of imidazole rings is 1.